The first-order chi connectivity index (χ1) is 13.0. The summed E-state index contributed by atoms with van der Waals surface area (Å²) in [5.41, 5.74) is 3.33. The SMILES string of the molecule is CC(=O)Nc1cccc(Nc2cc(C)nc(NCc3ccccc3Cl)n2)c1. The zero-order valence-corrected chi connectivity index (χ0v) is 15.8. The molecular formula is C20H20ClN5O. The van der Waals surface area contributed by atoms with Crippen LogP contribution in [0.25, 0.3) is 0 Å². The van der Waals surface area contributed by atoms with Crippen LogP contribution in [0.4, 0.5) is 23.1 Å². The summed E-state index contributed by atoms with van der Waals surface area (Å²) in [5, 5.41) is 9.90. The molecule has 0 radical (unpaired) electrons. The molecule has 0 fully saturated rings. The van der Waals surface area contributed by atoms with E-state index in [2.05, 4.69) is 25.9 Å². The van der Waals surface area contributed by atoms with Crippen molar-refractivity contribution in [3.8, 4) is 0 Å². The van der Waals surface area contributed by atoms with Crippen LogP contribution in [0.15, 0.2) is 54.6 Å². The number of aromatic nitrogens is 2. The van der Waals surface area contributed by atoms with Crippen molar-refractivity contribution in [3.05, 3.63) is 70.9 Å². The summed E-state index contributed by atoms with van der Waals surface area (Å²) in [7, 11) is 0. The summed E-state index contributed by atoms with van der Waals surface area (Å²) >= 11 is 6.19. The summed E-state index contributed by atoms with van der Waals surface area (Å²) in [4.78, 5) is 20.1. The van der Waals surface area contributed by atoms with Gasteiger partial charge >= 0.3 is 0 Å². The molecule has 0 spiro atoms. The number of carbonyl (C=O) groups excluding carboxylic acids is 1. The number of hydrogen-bond acceptors (Lipinski definition) is 5. The van der Waals surface area contributed by atoms with E-state index in [1.807, 2.05) is 61.5 Å². The standard InChI is InChI=1S/C20H20ClN5O/c1-13-10-19(25-17-8-5-7-16(11-17)24-14(2)27)26-20(23-13)22-12-15-6-3-4-9-18(15)21/h3-11H,12H2,1-2H3,(H,24,27)(H2,22,23,25,26). The van der Waals surface area contributed by atoms with Crippen LogP contribution in [-0.2, 0) is 11.3 Å². The molecule has 3 N–H and O–H groups in total. The molecule has 0 aliphatic heterocycles. The maximum absolute atomic E-state index is 11.2. The lowest BCUT2D eigenvalue weighted by atomic mass is 10.2. The molecule has 0 bridgehead atoms. The molecule has 7 heteroatoms. The molecule has 0 atom stereocenters. The maximum atomic E-state index is 11.2. The van der Waals surface area contributed by atoms with Crippen LogP contribution < -0.4 is 16.0 Å². The van der Waals surface area contributed by atoms with Gasteiger partial charge in [-0.3, -0.25) is 4.79 Å². The Balaban J connectivity index is 1.73. The van der Waals surface area contributed by atoms with E-state index in [0.717, 1.165) is 22.6 Å². The van der Waals surface area contributed by atoms with Gasteiger partial charge in [0.25, 0.3) is 0 Å². The van der Waals surface area contributed by atoms with E-state index in [-0.39, 0.29) is 5.91 Å². The monoisotopic (exact) mass is 381 g/mol. The number of benzene rings is 2. The number of amides is 1. The molecule has 27 heavy (non-hydrogen) atoms. The van der Waals surface area contributed by atoms with E-state index >= 15 is 0 Å². The van der Waals surface area contributed by atoms with Gasteiger partial charge in [0.05, 0.1) is 0 Å². The molecule has 0 saturated carbocycles. The lowest BCUT2D eigenvalue weighted by Crippen LogP contribution is -2.07. The van der Waals surface area contributed by atoms with E-state index in [1.165, 1.54) is 6.92 Å². The molecule has 0 aliphatic carbocycles. The summed E-state index contributed by atoms with van der Waals surface area (Å²) in [5.74, 6) is 1.05. The third-order valence-electron chi connectivity index (χ3n) is 3.70. The van der Waals surface area contributed by atoms with Crippen LogP contribution in [0.3, 0.4) is 0 Å². The van der Waals surface area contributed by atoms with Crippen molar-refractivity contribution in [1.82, 2.24) is 9.97 Å². The molecule has 3 aromatic rings. The average molecular weight is 382 g/mol. The van der Waals surface area contributed by atoms with Gasteiger partial charge in [0, 0.05) is 41.6 Å². The Morgan fingerprint density at radius 3 is 2.59 bits per heavy atom. The number of aryl methyl sites for hydroxylation is 1. The number of hydrogen-bond donors (Lipinski definition) is 3. The Morgan fingerprint density at radius 2 is 1.81 bits per heavy atom. The van der Waals surface area contributed by atoms with E-state index in [1.54, 1.807) is 0 Å². The first kappa shape index (κ1) is 18.7. The Bertz CT molecular complexity index is 961. The molecule has 1 amide bonds. The fraction of sp³-hybridized carbons (Fsp3) is 0.150. The smallest absolute Gasteiger partial charge is 0.225 e. The van der Waals surface area contributed by atoms with Crippen LogP contribution in [-0.4, -0.2) is 15.9 Å². The number of halogens is 1. The topological polar surface area (TPSA) is 78.9 Å². The lowest BCUT2D eigenvalue weighted by molar-refractivity contribution is -0.114. The van der Waals surface area contributed by atoms with Crippen molar-refractivity contribution in [2.75, 3.05) is 16.0 Å². The Hall–Kier alpha value is -3.12. The zero-order chi connectivity index (χ0) is 19.2. The predicted octanol–water partition coefficient (Wildman–Crippen LogP) is 4.75. The minimum absolute atomic E-state index is 0.115. The van der Waals surface area contributed by atoms with Crippen LogP contribution in [0.2, 0.25) is 5.02 Å². The van der Waals surface area contributed by atoms with E-state index in [0.29, 0.717) is 23.3 Å². The van der Waals surface area contributed by atoms with Crippen molar-refractivity contribution < 1.29 is 4.79 Å². The molecule has 138 valence electrons. The highest BCUT2D eigenvalue weighted by Gasteiger charge is 2.05. The second-order valence-electron chi connectivity index (χ2n) is 6.05. The normalized spacial score (nSPS) is 10.3. The Labute approximate surface area is 163 Å². The van der Waals surface area contributed by atoms with Crippen molar-refractivity contribution >= 4 is 40.6 Å². The maximum Gasteiger partial charge on any atom is 0.225 e. The van der Waals surface area contributed by atoms with Gasteiger partial charge in [0.15, 0.2) is 0 Å². The van der Waals surface area contributed by atoms with Crippen molar-refractivity contribution in [1.29, 1.82) is 0 Å². The quantitative estimate of drug-likeness (QED) is 0.574. The van der Waals surface area contributed by atoms with Crippen LogP contribution >= 0.6 is 11.6 Å². The fourth-order valence-electron chi connectivity index (χ4n) is 2.55. The van der Waals surface area contributed by atoms with Crippen LogP contribution in [0.1, 0.15) is 18.2 Å². The van der Waals surface area contributed by atoms with Crippen LogP contribution in [0.5, 0.6) is 0 Å². The fourth-order valence-corrected chi connectivity index (χ4v) is 2.76. The Morgan fingerprint density at radius 1 is 1.04 bits per heavy atom. The third kappa shape index (κ3) is 5.43. The van der Waals surface area contributed by atoms with Gasteiger partial charge in [-0.15, -0.1) is 0 Å². The summed E-state index contributed by atoms with van der Waals surface area (Å²) in [6, 6.07) is 16.9. The van der Waals surface area contributed by atoms with E-state index < -0.39 is 0 Å². The van der Waals surface area contributed by atoms with Gasteiger partial charge in [-0.05, 0) is 36.8 Å². The second-order valence-corrected chi connectivity index (χ2v) is 6.46. The van der Waals surface area contributed by atoms with E-state index in [4.69, 9.17) is 11.6 Å². The predicted molar refractivity (Wildman–Crippen MR) is 110 cm³/mol. The number of anilines is 4. The largest absolute Gasteiger partial charge is 0.350 e. The lowest BCUT2D eigenvalue weighted by Gasteiger charge is -2.11. The molecule has 2 aromatic carbocycles. The first-order valence-electron chi connectivity index (χ1n) is 8.47. The summed E-state index contributed by atoms with van der Waals surface area (Å²) < 4.78 is 0. The van der Waals surface area contributed by atoms with Crippen LogP contribution in [0, 0.1) is 6.92 Å². The molecule has 3 rings (SSSR count). The minimum atomic E-state index is -0.115. The van der Waals surface area contributed by atoms with Gasteiger partial charge in [-0.2, -0.15) is 4.98 Å². The van der Waals surface area contributed by atoms with Gasteiger partial charge < -0.3 is 16.0 Å². The molecule has 0 saturated heterocycles. The molecule has 0 unspecified atom stereocenters. The van der Waals surface area contributed by atoms with Gasteiger partial charge in [0.1, 0.15) is 5.82 Å². The second kappa shape index (κ2) is 8.51. The number of rotatable bonds is 6. The molecular weight excluding hydrogens is 362 g/mol. The third-order valence-corrected chi connectivity index (χ3v) is 4.07. The highest BCUT2D eigenvalue weighted by molar-refractivity contribution is 6.31. The number of carbonyl (C=O) groups is 1. The molecule has 1 aromatic heterocycles. The average Bonchev–Trinajstić information content (AvgIpc) is 2.60. The van der Waals surface area contributed by atoms with Crippen molar-refractivity contribution in [3.63, 3.8) is 0 Å². The van der Waals surface area contributed by atoms with Crippen molar-refractivity contribution in [2.24, 2.45) is 0 Å². The highest BCUT2D eigenvalue weighted by Crippen LogP contribution is 2.21. The molecule has 6 nitrogen and oxygen atoms in total. The highest BCUT2D eigenvalue weighted by atomic mass is 35.5. The first-order valence-corrected chi connectivity index (χ1v) is 8.85. The summed E-state index contributed by atoms with van der Waals surface area (Å²) in [6.45, 7) is 3.91. The Kier molecular flexibility index (Phi) is 5.88. The van der Waals surface area contributed by atoms with Gasteiger partial charge in [-0.25, -0.2) is 4.98 Å². The molecule has 1 heterocycles. The number of nitrogens with one attached hydrogen (secondary N) is 3. The minimum Gasteiger partial charge on any atom is -0.350 e. The number of nitrogens with zero attached hydrogens (tertiary/aromatic N) is 2. The van der Waals surface area contributed by atoms with Gasteiger partial charge in [-0.1, -0.05) is 35.9 Å². The van der Waals surface area contributed by atoms with Gasteiger partial charge in [0.2, 0.25) is 11.9 Å². The van der Waals surface area contributed by atoms with E-state index in [9.17, 15) is 4.79 Å². The molecule has 0 aliphatic rings. The zero-order valence-electron chi connectivity index (χ0n) is 15.1. The summed E-state index contributed by atoms with van der Waals surface area (Å²) in [6.07, 6.45) is 0. The van der Waals surface area contributed by atoms with Crippen molar-refractivity contribution in [2.45, 2.75) is 20.4 Å².